The average Bonchev–Trinajstić information content (AvgIpc) is 2.89. The summed E-state index contributed by atoms with van der Waals surface area (Å²) in [6.07, 6.45) is 4.00. The fraction of sp³-hybridized carbons (Fsp3) is 0.562. The molecule has 22 heavy (non-hydrogen) atoms. The van der Waals surface area contributed by atoms with Crippen molar-refractivity contribution in [2.75, 3.05) is 26.7 Å². The van der Waals surface area contributed by atoms with Crippen molar-refractivity contribution in [3.05, 3.63) is 29.3 Å². The lowest BCUT2D eigenvalue weighted by Crippen LogP contribution is -2.34. The Labute approximate surface area is 149 Å². The zero-order chi connectivity index (χ0) is 13.8. The second-order valence-electron chi connectivity index (χ2n) is 5.69. The molecule has 1 aromatic carbocycles. The van der Waals surface area contributed by atoms with Gasteiger partial charge >= 0.3 is 0 Å². The number of benzene rings is 1. The molecule has 1 aromatic heterocycles. The highest BCUT2D eigenvalue weighted by atomic mass is 35.5. The molecule has 6 heteroatoms. The molecular formula is C16H25Cl2N3S. The van der Waals surface area contributed by atoms with Crippen LogP contribution in [0.5, 0.6) is 0 Å². The van der Waals surface area contributed by atoms with E-state index in [1.807, 2.05) is 18.4 Å². The maximum Gasteiger partial charge on any atom is 0.108 e. The zero-order valence-corrected chi connectivity index (χ0v) is 15.4. The highest BCUT2D eigenvalue weighted by Gasteiger charge is 2.19. The molecule has 1 saturated heterocycles. The van der Waals surface area contributed by atoms with Gasteiger partial charge in [0.05, 0.1) is 16.8 Å². The van der Waals surface area contributed by atoms with Crippen LogP contribution >= 0.6 is 36.2 Å². The normalized spacial score (nSPS) is 16.2. The molecule has 0 radical (unpaired) electrons. The number of likely N-dealkylation sites (tertiary alicyclic amines) is 1. The zero-order valence-electron chi connectivity index (χ0n) is 13.0. The van der Waals surface area contributed by atoms with Crippen molar-refractivity contribution in [2.24, 2.45) is 5.92 Å². The summed E-state index contributed by atoms with van der Waals surface area (Å²) in [7, 11) is 2.04. The number of thiazole rings is 1. The number of fused-ring (bicyclic) bond motifs is 1. The SMILES string of the molecule is CNCCC1CCN(Cc2nc3ccccc3s2)CC1.Cl.Cl. The highest BCUT2D eigenvalue weighted by Crippen LogP contribution is 2.25. The minimum Gasteiger partial charge on any atom is -0.320 e. The van der Waals surface area contributed by atoms with Crippen molar-refractivity contribution in [1.82, 2.24) is 15.2 Å². The van der Waals surface area contributed by atoms with Gasteiger partial charge in [0.2, 0.25) is 0 Å². The molecule has 0 bridgehead atoms. The van der Waals surface area contributed by atoms with Crippen LogP contribution in [-0.4, -0.2) is 36.6 Å². The molecule has 0 amide bonds. The number of piperidine rings is 1. The summed E-state index contributed by atoms with van der Waals surface area (Å²) < 4.78 is 1.31. The predicted octanol–water partition coefficient (Wildman–Crippen LogP) is 3.96. The van der Waals surface area contributed by atoms with Crippen molar-refractivity contribution in [2.45, 2.75) is 25.8 Å². The number of nitrogens with one attached hydrogen (secondary N) is 1. The molecule has 0 aliphatic carbocycles. The van der Waals surface area contributed by atoms with Crippen LogP contribution < -0.4 is 5.32 Å². The molecule has 0 atom stereocenters. The van der Waals surface area contributed by atoms with Crippen molar-refractivity contribution in [1.29, 1.82) is 0 Å². The van der Waals surface area contributed by atoms with Gasteiger partial charge < -0.3 is 5.32 Å². The van der Waals surface area contributed by atoms with Gasteiger partial charge in [-0.3, -0.25) is 4.90 Å². The monoisotopic (exact) mass is 361 g/mol. The Morgan fingerprint density at radius 3 is 2.64 bits per heavy atom. The van der Waals surface area contributed by atoms with E-state index in [0.29, 0.717) is 0 Å². The Balaban J connectivity index is 0.00000121. The Bertz CT molecular complexity index is 520. The van der Waals surface area contributed by atoms with Crippen molar-refractivity contribution in [3.63, 3.8) is 0 Å². The van der Waals surface area contributed by atoms with Crippen LogP contribution in [0.4, 0.5) is 0 Å². The van der Waals surface area contributed by atoms with E-state index >= 15 is 0 Å². The van der Waals surface area contributed by atoms with Crippen LogP contribution in [0.3, 0.4) is 0 Å². The van der Waals surface area contributed by atoms with Gasteiger partial charge in [-0.2, -0.15) is 0 Å². The van der Waals surface area contributed by atoms with Crippen molar-refractivity contribution in [3.8, 4) is 0 Å². The molecule has 1 aliphatic rings. The third-order valence-electron chi connectivity index (χ3n) is 4.21. The standard InChI is InChI=1S/C16H23N3S.2ClH/c1-17-9-6-13-7-10-19(11-8-13)12-16-18-14-4-2-3-5-15(14)20-16;;/h2-5,13,17H,6-12H2,1H3;2*1H. The summed E-state index contributed by atoms with van der Waals surface area (Å²) in [5.74, 6) is 0.911. The Morgan fingerprint density at radius 1 is 1.23 bits per heavy atom. The number of hydrogen-bond donors (Lipinski definition) is 1. The number of para-hydroxylation sites is 1. The van der Waals surface area contributed by atoms with E-state index in [4.69, 9.17) is 4.98 Å². The van der Waals surface area contributed by atoms with E-state index < -0.39 is 0 Å². The highest BCUT2D eigenvalue weighted by molar-refractivity contribution is 7.18. The van der Waals surface area contributed by atoms with Gasteiger partial charge in [-0.15, -0.1) is 36.2 Å². The number of halogens is 2. The lowest BCUT2D eigenvalue weighted by molar-refractivity contribution is 0.172. The van der Waals surface area contributed by atoms with Crippen LogP contribution in [-0.2, 0) is 6.54 Å². The maximum absolute atomic E-state index is 4.74. The van der Waals surface area contributed by atoms with Gasteiger partial charge in [0.15, 0.2) is 0 Å². The van der Waals surface area contributed by atoms with Crippen LogP contribution in [0.1, 0.15) is 24.3 Å². The van der Waals surface area contributed by atoms with Gasteiger partial charge in [0, 0.05) is 0 Å². The quantitative estimate of drug-likeness (QED) is 0.873. The molecule has 3 nitrogen and oxygen atoms in total. The van der Waals surface area contributed by atoms with E-state index in [2.05, 4.69) is 34.5 Å². The molecule has 1 aliphatic heterocycles. The third kappa shape index (κ3) is 5.07. The Hall–Kier alpha value is -0.390. The smallest absolute Gasteiger partial charge is 0.108 e. The van der Waals surface area contributed by atoms with Gasteiger partial charge in [0.1, 0.15) is 5.01 Å². The number of rotatable bonds is 5. The minimum atomic E-state index is 0. The second-order valence-corrected chi connectivity index (χ2v) is 6.80. The summed E-state index contributed by atoms with van der Waals surface area (Å²) in [5.41, 5.74) is 1.15. The molecule has 2 aromatic rings. The van der Waals surface area contributed by atoms with Gasteiger partial charge in [0.25, 0.3) is 0 Å². The first-order valence-electron chi connectivity index (χ1n) is 7.56. The maximum atomic E-state index is 4.74. The van der Waals surface area contributed by atoms with E-state index in [0.717, 1.165) is 24.5 Å². The van der Waals surface area contributed by atoms with E-state index in [1.54, 1.807) is 0 Å². The van der Waals surface area contributed by atoms with Crippen LogP contribution in [0.15, 0.2) is 24.3 Å². The molecule has 2 heterocycles. The molecule has 1 fully saturated rings. The lowest BCUT2D eigenvalue weighted by Gasteiger charge is -2.31. The summed E-state index contributed by atoms with van der Waals surface area (Å²) in [6, 6.07) is 8.44. The molecule has 0 spiro atoms. The van der Waals surface area contributed by atoms with Crippen molar-refractivity contribution < 1.29 is 0 Å². The lowest BCUT2D eigenvalue weighted by atomic mass is 9.93. The Kier molecular flexibility index (Phi) is 8.65. The summed E-state index contributed by atoms with van der Waals surface area (Å²) >= 11 is 1.84. The third-order valence-corrected chi connectivity index (χ3v) is 5.23. The summed E-state index contributed by atoms with van der Waals surface area (Å²) in [5, 5.41) is 4.52. The molecule has 124 valence electrons. The first-order chi connectivity index (χ1) is 9.85. The van der Waals surface area contributed by atoms with Gasteiger partial charge in [-0.25, -0.2) is 4.98 Å². The number of aromatic nitrogens is 1. The topological polar surface area (TPSA) is 28.2 Å². The van der Waals surface area contributed by atoms with Crippen LogP contribution in [0.25, 0.3) is 10.2 Å². The average molecular weight is 362 g/mol. The minimum absolute atomic E-state index is 0. The van der Waals surface area contributed by atoms with E-state index in [-0.39, 0.29) is 24.8 Å². The molecular weight excluding hydrogens is 337 g/mol. The van der Waals surface area contributed by atoms with Gasteiger partial charge in [-0.1, -0.05) is 12.1 Å². The predicted molar refractivity (Wildman–Crippen MR) is 101 cm³/mol. The van der Waals surface area contributed by atoms with Crippen LogP contribution in [0.2, 0.25) is 0 Å². The van der Waals surface area contributed by atoms with Crippen LogP contribution in [0, 0.1) is 5.92 Å². The van der Waals surface area contributed by atoms with Crippen molar-refractivity contribution >= 4 is 46.4 Å². The van der Waals surface area contributed by atoms with E-state index in [1.165, 1.54) is 42.1 Å². The first kappa shape index (κ1) is 19.7. The fourth-order valence-corrected chi connectivity index (χ4v) is 3.97. The summed E-state index contributed by atoms with van der Waals surface area (Å²) in [6.45, 7) is 4.63. The molecule has 3 rings (SSSR count). The summed E-state index contributed by atoms with van der Waals surface area (Å²) in [4.78, 5) is 7.31. The van der Waals surface area contributed by atoms with E-state index in [9.17, 15) is 0 Å². The molecule has 1 N–H and O–H groups in total. The van der Waals surface area contributed by atoms with Gasteiger partial charge in [-0.05, 0) is 64.0 Å². The number of hydrogen-bond acceptors (Lipinski definition) is 4. The Morgan fingerprint density at radius 2 is 1.95 bits per heavy atom. The number of nitrogens with zero attached hydrogens (tertiary/aromatic N) is 2. The second kappa shape index (κ2) is 9.68. The largest absolute Gasteiger partial charge is 0.320 e. The molecule has 0 unspecified atom stereocenters. The molecule has 0 saturated carbocycles. The fourth-order valence-electron chi connectivity index (χ4n) is 2.96. The first-order valence-corrected chi connectivity index (χ1v) is 8.38.